The second-order valence-corrected chi connectivity index (χ2v) is 5.90. The minimum atomic E-state index is -0.356. The summed E-state index contributed by atoms with van der Waals surface area (Å²) in [5.74, 6) is -0.404. The topological polar surface area (TPSA) is 58.2 Å². The van der Waals surface area contributed by atoms with Gasteiger partial charge in [0.25, 0.3) is 0 Å². The smallest absolute Gasteiger partial charge is 0.234 e. The number of amides is 2. The summed E-state index contributed by atoms with van der Waals surface area (Å²) in [5.41, 5.74) is 2.29. The summed E-state index contributed by atoms with van der Waals surface area (Å²) in [6.45, 7) is 1.92. The zero-order chi connectivity index (χ0) is 16.7. The number of carbonyl (C=O) groups is 2. The van der Waals surface area contributed by atoms with Gasteiger partial charge in [-0.05, 0) is 42.8 Å². The summed E-state index contributed by atoms with van der Waals surface area (Å²) in [6.07, 6.45) is 0. The van der Waals surface area contributed by atoms with E-state index in [1.807, 2.05) is 31.2 Å². The molecular formula is C17H17FN2O2S. The summed E-state index contributed by atoms with van der Waals surface area (Å²) in [6, 6.07) is 13.0. The van der Waals surface area contributed by atoms with E-state index in [1.165, 1.54) is 36.0 Å². The molecule has 0 fully saturated rings. The third-order valence-electron chi connectivity index (χ3n) is 3.01. The van der Waals surface area contributed by atoms with Gasteiger partial charge >= 0.3 is 0 Å². The molecule has 0 saturated heterocycles. The number of anilines is 2. The van der Waals surface area contributed by atoms with Crippen molar-refractivity contribution in [1.29, 1.82) is 0 Å². The van der Waals surface area contributed by atoms with Crippen molar-refractivity contribution in [2.45, 2.75) is 6.92 Å². The van der Waals surface area contributed by atoms with Gasteiger partial charge < -0.3 is 10.6 Å². The summed E-state index contributed by atoms with van der Waals surface area (Å²) in [4.78, 5) is 23.6. The van der Waals surface area contributed by atoms with Gasteiger partial charge in [-0.2, -0.15) is 0 Å². The fourth-order valence-corrected chi connectivity index (χ4v) is 2.48. The van der Waals surface area contributed by atoms with E-state index in [0.717, 1.165) is 11.3 Å². The van der Waals surface area contributed by atoms with E-state index in [2.05, 4.69) is 10.6 Å². The third-order valence-corrected chi connectivity index (χ3v) is 3.95. The Bertz CT molecular complexity index is 689. The van der Waals surface area contributed by atoms with Gasteiger partial charge in [0.2, 0.25) is 11.8 Å². The molecule has 2 N–H and O–H groups in total. The number of carbonyl (C=O) groups excluding carboxylic acids is 2. The van der Waals surface area contributed by atoms with Crippen LogP contribution in [0.2, 0.25) is 0 Å². The van der Waals surface area contributed by atoms with Crippen LogP contribution in [-0.2, 0) is 9.59 Å². The monoisotopic (exact) mass is 332 g/mol. The summed E-state index contributed by atoms with van der Waals surface area (Å²) in [7, 11) is 0. The lowest BCUT2D eigenvalue weighted by Gasteiger charge is -2.08. The molecule has 4 nitrogen and oxygen atoms in total. The molecule has 0 aliphatic heterocycles. The van der Waals surface area contributed by atoms with Crippen molar-refractivity contribution < 1.29 is 14.0 Å². The number of para-hydroxylation sites is 1. The first-order chi connectivity index (χ1) is 11.0. The molecule has 0 heterocycles. The van der Waals surface area contributed by atoms with Crippen LogP contribution in [0.1, 0.15) is 5.56 Å². The molecule has 0 aliphatic rings. The Kier molecular flexibility index (Phi) is 6.17. The predicted molar refractivity (Wildman–Crippen MR) is 92.2 cm³/mol. The fourth-order valence-electron chi connectivity index (χ4n) is 1.87. The van der Waals surface area contributed by atoms with Crippen molar-refractivity contribution in [3.63, 3.8) is 0 Å². The lowest BCUT2D eigenvalue weighted by molar-refractivity contribution is -0.114. The van der Waals surface area contributed by atoms with Gasteiger partial charge in [-0.1, -0.05) is 18.2 Å². The lowest BCUT2D eigenvalue weighted by atomic mass is 10.2. The van der Waals surface area contributed by atoms with Gasteiger partial charge in [-0.25, -0.2) is 4.39 Å². The molecule has 120 valence electrons. The molecule has 0 aliphatic carbocycles. The summed E-state index contributed by atoms with van der Waals surface area (Å²) < 4.78 is 12.8. The number of hydrogen-bond acceptors (Lipinski definition) is 3. The predicted octanol–water partition coefficient (Wildman–Crippen LogP) is 3.44. The van der Waals surface area contributed by atoms with Crippen molar-refractivity contribution in [2.24, 2.45) is 0 Å². The normalized spacial score (nSPS) is 10.2. The van der Waals surface area contributed by atoms with E-state index in [-0.39, 0.29) is 29.1 Å². The van der Waals surface area contributed by atoms with E-state index in [0.29, 0.717) is 5.69 Å². The van der Waals surface area contributed by atoms with Crippen LogP contribution in [0.15, 0.2) is 48.5 Å². The number of thioether (sulfide) groups is 1. The molecular weight excluding hydrogens is 315 g/mol. The summed E-state index contributed by atoms with van der Waals surface area (Å²) >= 11 is 1.22. The SMILES string of the molecule is Cc1ccccc1NC(=O)CSCC(=O)Nc1ccc(F)cc1. The molecule has 2 amide bonds. The Morgan fingerprint density at radius 2 is 1.57 bits per heavy atom. The first kappa shape index (κ1) is 17.0. The highest BCUT2D eigenvalue weighted by molar-refractivity contribution is 8.00. The zero-order valence-electron chi connectivity index (χ0n) is 12.6. The van der Waals surface area contributed by atoms with Crippen molar-refractivity contribution >= 4 is 35.0 Å². The number of nitrogens with one attached hydrogen (secondary N) is 2. The highest BCUT2D eigenvalue weighted by atomic mass is 32.2. The standard InChI is InChI=1S/C17H17FN2O2S/c1-12-4-2-3-5-15(12)20-17(22)11-23-10-16(21)19-14-8-6-13(18)7-9-14/h2-9H,10-11H2,1H3,(H,19,21)(H,20,22). The Hall–Kier alpha value is -2.34. The highest BCUT2D eigenvalue weighted by Gasteiger charge is 2.07. The average Bonchev–Trinajstić information content (AvgIpc) is 2.52. The number of hydrogen-bond donors (Lipinski definition) is 2. The van der Waals surface area contributed by atoms with E-state index >= 15 is 0 Å². The van der Waals surface area contributed by atoms with Crippen LogP contribution >= 0.6 is 11.8 Å². The Balaban J connectivity index is 1.72. The van der Waals surface area contributed by atoms with Crippen LogP contribution in [0.25, 0.3) is 0 Å². The number of rotatable bonds is 6. The maximum Gasteiger partial charge on any atom is 0.234 e. The van der Waals surface area contributed by atoms with Crippen LogP contribution in [-0.4, -0.2) is 23.3 Å². The lowest BCUT2D eigenvalue weighted by Crippen LogP contribution is -2.18. The van der Waals surface area contributed by atoms with Crippen molar-refractivity contribution in [3.05, 3.63) is 59.9 Å². The first-order valence-electron chi connectivity index (χ1n) is 7.03. The van der Waals surface area contributed by atoms with Gasteiger partial charge in [0.1, 0.15) is 5.82 Å². The summed E-state index contributed by atoms with van der Waals surface area (Å²) in [5, 5.41) is 5.45. The van der Waals surface area contributed by atoms with Gasteiger partial charge in [0.15, 0.2) is 0 Å². The maximum atomic E-state index is 12.8. The molecule has 0 atom stereocenters. The van der Waals surface area contributed by atoms with Crippen molar-refractivity contribution in [3.8, 4) is 0 Å². The molecule has 23 heavy (non-hydrogen) atoms. The molecule has 0 saturated carbocycles. The molecule has 2 aromatic carbocycles. The van der Waals surface area contributed by atoms with Crippen LogP contribution < -0.4 is 10.6 Å². The number of aryl methyl sites for hydroxylation is 1. The average molecular weight is 332 g/mol. The zero-order valence-corrected chi connectivity index (χ0v) is 13.5. The van der Waals surface area contributed by atoms with Crippen LogP contribution in [0.4, 0.5) is 15.8 Å². The van der Waals surface area contributed by atoms with Crippen LogP contribution in [0, 0.1) is 12.7 Å². The Morgan fingerprint density at radius 3 is 2.22 bits per heavy atom. The van der Waals surface area contributed by atoms with Gasteiger partial charge in [0.05, 0.1) is 11.5 Å². The molecule has 2 rings (SSSR count). The third kappa shape index (κ3) is 5.75. The van der Waals surface area contributed by atoms with E-state index in [9.17, 15) is 14.0 Å². The molecule has 0 bridgehead atoms. The van der Waals surface area contributed by atoms with Crippen LogP contribution in [0.3, 0.4) is 0 Å². The second-order valence-electron chi connectivity index (χ2n) is 4.91. The first-order valence-corrected chi connectivity index (χ1v) is 8.19. The number of benzene rings is 2. The molecule has 6 heteroatoms. The van der Waals surface area contributed by atoms with Gasteiger partial charge in [-0.15, -0.1) is 11.8 Å². The quantitative estimate of drug-likeness (QED) is 0.852. The Labute approximate surface area is 138 Å². The van der Waals surface area contributed by atoms with Crippen molar-refractivity contribution in [1.82, 2.24) is 0 Å². The van der Waals surface area contributed by atoms with Crippen molar-refractivity contribution in [2.75, 3.05) is 22.1 Å². The maximum absolute atomic E-state index is 12.8. The van der Waals surface area contributed by atoms with Gasteiger partial charge in [-0.3, -0.25) is 9.59 Å². The highest BCUT2D eigenvalue weighted by Crippen LogP contribution is 2.14. The minimum absolute atomic E-state index is 0.151. The molecule has 0 unspecified atom stereocenters. The molecule has 0 radical (unpaired) electrons. The number of halogens is 1. The van der Waals surface area contributed by atoms with E-state index in [4.69, 9.17) is 0 Å². The van der Waals surface area contributed by atoms with E-state index < -0.39 is 0 Å². The second kappa shape index (κ2) is 8.33. The molecule has 0 aromatic heterocycles. The van der Waals surface area contributed by atoms with Gasteiger partial charge in [0, 0.05) is 11.4 Å². The molecule has 2 aromatic rings. The minimum Gasteiger partial charge on any atom is -0.325 e. The molecule has 0 spiro atoms. The largest absolute Gasteiger partial charge is 0.325 e. The van der Waals surface area contributed by atoms with E-state index in [1.54, 1.807) is 0 Å². The van der Waals surface area contributed by atoms with Crippen LogP contribution in [0.5, 0.6) is 0 Å². The Morgan fingerprint density at radius 1 is 0.957 bits per heavy atom. The fraction of sp³-hybridized carbons (Fsp3) is 0.176.